The Labute approximate surface area is 103 Å². The maximum atomic E-state index is 5.71. The van der Waals surface area contributed by atoms with Crippen molar-refractivity contribution in [3.63, 3.8) is 0 Å². The van der Waals surface area contributed by atoms with E-state index in [0.29, 0.717) is 11.5 Å². The van der Waals surface area contributed by atoms with Crippen molar-refractivity contribution in [1.29, 1.82) is 0 Å². The molecule has 0 spiro atoms. The monoisotopic (exact) mass is 278 g/mol. The molecule has 0 amide bonds. The molecule has 3 heteroatoms. The van der Waals surface area contributed by atoms with Gasteiger partial charge in [0.25, 0.3) is 0 Å². The summed E-state index contributed by atoms with van der Waals surface area (Å²) in [6, 6.07) is 15.3. The van der Waals surface area contributed by atoms with Crippen LogP contribution in [0.2, 0.25) is 0 Å². The van der Waals surface area contributed by atoms with Gasteiger partial charge >= 0.3 is 0 Å². The summed E-state index contributed by atoms with van der Waals surface area (Å²) in [6.45, 7) is 0. The SMILES string of the molecule is COc1cc(Br)ccc1Oc1ccccc1. The molecule has 0 fully saturated rings. The number of ether oxygens (including phenoxy) is 2. The van der Waals surface area contributed by atoms with Crippen LogP contribution in [-0.4, -0.2) is 7.11 Å². The maximum Gasteiger partial charge on any atom is 0.169 e. The van der Waals surface area contributed by atoms with E-state index in [1.807, 2.05) is 48.5 Å². The highest BCUT2D eigenvalue weighted by atomic mass is 79.9. The molecular weight excluding hydrogens is 268 g/mol. The fraction of sp³-hybridized carbons (Fsp3) is 0.0769. The Balaban J connectivity index is 2.28. The van der Waals surface area contributed by atoms with E-state index in [1.165, 1.54) is 0 Å². The van der Waals surface area contributed by atoms with Gasteiger partial charge in [-0.25, -0.2) is 0 Å². The lowest BCUT2D eigenvalue weighted by molar-refractivity contribution is 0.378. The second-order valence-corrected chi connectivity index (χ2v) is 4.13. The molecule has 82 valence electrons. The van der Waals surface area contributed by atoms with E-state index in [9.17, 15) is 0 Å². The fourth-order valence-electron chi connectivity index (χ4n) is 1.34. The number of para-hydroxylation sites is 1. The standard InChI is InChI=1S/C13H11BrO2/c1-15-13-9-10(14)7-8-12(13)16-11-5-3-2-4-6-11/h2-9H,1H3. The summed E-state index contributed by atoms with van der Waals surface area (Å²) in [7, 11) is 1.62. The van der Waals surface area contributed by atoms with Crippen LogP contribution < -0.4 is 9.47 Å². The van der Waals surface area contributed by atoms with Gasteiger partial charge in [-0.1, -0.05) is 34.1 Å². The Hall–Kier alpha value is -1.48. The van der Waals surface area contributed by atoms with E-state index in [-0.39, 0.29) is 0 Å². The fourth-order valence-corrected chi connectivity index (χ4v) is 1.68. The zero-order valence-electron chi connectivity index (χ0n) is 8.81. The Morgan fingerprint density at radius 1 is 0.938 bits per heavy atom. The van der Waals surface area contributed by atoms with Crippen molar-refractivity contribution in [1.82, 2.24) is 0 Å². The molecule has 0 N–H and O–H groups in total. The molecule has 0 saturated carbocycles. The Morgan fingerprint density at radius 3 is 2.38 bits per heavy atom. The first kappa shape index (κ1) is 11.0. The van der Waals surface area contributed by atoms with Gasteiger partial charge in [-0.15, -0.1) is 0 Å². The van der Waals surface area contributed by atoms with Crippen molar-refractivity contribution in [3.05, 3.63) is 53.0 Å². The molecule has 0 aliphatic heterocycles. The molecule has 2 nitrogen and oxygen atoms in total. The van der Waals surface area contributed by atoms with Crippen molar-refractivity contribution in [2.24, 2.45) is 0 Å². The molecular formula is C13H11BrO2. The molecule has 0 unspecified atom stereocenters. The van der Waals surface area contributed by atoms with Gasteiger partial charge in [0.05, 0.1) is 7.11 Å². The Morgan fingerprint density at radius 2 is 1.69 bits per heavy atom. The van der Waals surface area contributed by atoms with E-state index in [2.05, 4.69) is 15.9 Å². The van der Waals surface area contributed by atoms with Crippen LogP contribution in [-0.2, 0) is 0 Å². The number of methoxy groups -OCH3 is 1. The van der Waals surface area contributed by atoms with Crippen LogP contribution in [0, 0.1) is 0 Å². The summed E-state index contributed by atoms with van der Waals surface area (Å²) in [5.74, 6) is 2.21. The van der Waals surface area contributed by atoms with Crippen molar-refractivity contribution >= 4 is 15.9 Å². The van der Waals surface area contributed by atoms with Gasteiger partial charge in [0.1, 0.15) is 5.75 Å². The molecule has 0 bridgehead atoms. The van der Waals surface area contributed by atoms with E-state index in [4.69, 9.17) is 9.47 Å². The van der Waals surface area contributed by atoms with Gasteiger partial charge in [-0.05, 0) is 30.3 Å². The molecule has 16 heavy (non-hydrogen) atoms. The first-order chi connectivity index (χ1) is 7.79. The molecule has 2 aromatic carbocycles. The number of benzene rings is 2. The van der Waals surface area contributed by atoms with Gasteiger partial charge in [0.15, 0.2) is 11.5 Å². The predicted octanol–water partition coefficient (Wildman–Crippen LogP) is 4.25. The van der Waals surface area contributed by atoms with E-state index in [0.717, 1.165) is 10.2 Å². The molecule has 2 rings (SSSR count). The quantitative estimate of drug-likeness (QED) is 0.836. The molecule has 0 aliphatic carbocycles. The third kappa shape index (κ3) is 2.55. The second-order valence-electron chi connectivity index (χ2n) is 3.21. The first-order valence-corrected chi connectivity index (χ1v) is 5.65. The van der Waals surface area contributed by atoms with Gasteiger partial charge in [-0.2, -0.15) is 0 Å². The van der Waals surface area contributed by atoms with Crippen LogP contribution >= 0.6 is 15.9 Å². The third-order valence-electron chi connectivity index (χ3n) is 2.10. The van der Waals surface area contributed by atoms with Crippen molar-refractivity contribution in [2.75, 3.05) is 7.11 Å². The zero-order chi connectivity index (χ0) is 11.4. The van der Waals surface area contributed by atoms with Gasteiger partial charge < -0.3 is 9.47 Å². The lowest BCUT2D eigenvalue weighted by atomic mass is 10.3. The van der Waals surface area contributed by atoms with Crippen molar-refractivity contribution < 1.29 is 9.47 Å². The predicted molar refractivity (Wildman–Crippen MR) is 67.2 cm³/mol. The number of hydrogen-bond acceptors (Lipinski definition) is 2. The molecule has 0 aliphatic rings. The molecule has 2 aromatic rings. The summed E-state index contributed by atoms with van der Waals surface area (Å²) < 4.78 is 11.9. The lowest BCUT2D eigenvalue weighted by Crippen LogP contribution is -1.89. The van der Waals surface area contributed by atoms with Gasteiger partial charge in [-0.3, -0.25) is 0 Å². The Bertz CT molecular complexity index is 469. The van der Waals surface area contributed by atoms with E-state index >= 15 is 0 Å². The minimum absolute atomic E-state index is 0.705. The Kier molecular flexibility index (Phi) is 3.47. The van der Waals surface area contributed by atoms with Crippen molar-refractivity contribution in [3.8, 4) is 17.2 Å². The maximum absolute atomic E-state index is 5.71. The minimum atomic E-state index is 0.705. The van der Waals surface area contributed by atoms with Crippen LogP contribution in [0.4, 0.5) is 0 Å². The number of rotatable bonds is 3. The number of hydrogen-bond donors (Lipinski definition) is 0. The lowest BCUT2D eigenvalue weighted by Gasteiger charge is -2.10. The highest BCUT2D eigenvalue weighted by Crippen LogP contribution is 2.33. The van der Waals surface area contributed by atoms with Crippen LogP contribution in [0.1, 0.15) is 0 Å². The van der Waals surface area contributed by atoms with Crippen molar-refractivity contribution in [2.45, 2.75) is 0 Å². The van der Waals surface area contributed by atoms with Crippen LogP contribution in [0.25, 0.3) is 0 Å². The second kappa shape index (κ2) is 5.03. The average Bonchev–Trinajstić information content (AvgIpc) is 2.33. The molecule has 0 heterocycles. The van der Waals surface area contributed by atoms with Crippen LogP contribution in [0.5, 0.6) is 17.2 Å². The molecule has 0 atom stereocenters. The number of halogens is 1. The topological polar surface area (TPSA) is 18.5 Å². The highest BCUT2D eigenvalue weighted by Gasteiger charge is 2.05. The molecule has 0 aromatic heterocycles. The van der Waals surface area contributed by atoms with Gasteiger partial charge in [0, 0.05) is 4.47 Å². The summed E-state index contributed by atoms with van der Waals surface area (Å²) in [6.07, 6.45) is 0. The normalized spacial score (nSPS) is 9.88. The third-order valence-corrected chi connectivity index (χ3v) is 2.59. The minimum Gasteiger partial charge on any atom is -0.493 e. The van der Waals surface area contributed by atoms with Crippen LogP contribution in [0.3, 0.4) is 0 Å². The van der Waals surface area contributed by atoms with Gasteiger partial charge in [0.2, 0.25) is 0 Å². The molecule has 0 saturated heterocycles. The molecule has 0 radical (unpaired) electrons. The zero-order valence-corrected chi connectivity index (χ0v) is 10.4. The average molecular weight is 279 g/mol. The summed E-state index contributed by atoms with van der Waals surface area (Å²) >= 11 is 3.39. The first-order valence-electron chi connectivity index (χ1n) is 4.86. The van der Waals surface area contributed by atoms with E-state index in [1.54, 1.807) is 7.11 Å². The van der Waals surface area contributed by atoms with Crippen LogP contribution in [0.15, 0.2) is 53.0 Å². The largest absolute Gasteiger partial charge is 0.493 e. The summed E-state index contributed by atoms with van der Waals surface area (Å²) in [4.78, 5) is 0. The van der Waals surface area contributed by atoms with E-state index < -0.39 is 0 Å². The summed E-state index contributed by atoms with van der Waals surface area (Å²) in [5, 5.41) is 0. The summed E-state index contributed by atoms with van der Waals surface area (Å²) in [5.41, 5.74) is 0. The highest BCUT2D eigenvalue weighted by molar-refractivity contribution is 9.10. The smallest absolute Gasteiger partial charge is 0.169 e.